The van der Waals surface area contributed by atoms with Crippen molar-refractivity contribution in [1.82, 2.24) is 15.2 Å². The molecular formula is C23H27FN4OS2. The molecule has 31 heavy (non-hydrogen) atoms. The van der Waals surface area contributed by atoms with Gasteiger partial charge in [-0.25, -0.2) is 9.37 Å². The molecule has 0 radical (unpaired) electrons. The second kappa shape index (κ2) is 10.4. The van der Waals surface area contributed by atoms with Gasteiger partial charge in [-0.05, 0) is 31.2 Å². The summed E-state index contributed by atoms with van der Waals surface area (Å²) in [6, 6.07) is 13.5. The molecule has 8 heteroatoms. The molecule has 0 saturated carbocycles. The van der Waals surface area contributed by atoms with Crippen molar-refractivity contribution in [2.24, 2.45) is 0 Å². The molecule has 4 rings (SSSR count). The number of hydrogen-bond donors (Lipinski definition) is 1. The normalized spacial score (nSPS) is 14.8. The summed E-state index contributed by atoms with van der Waals surface area (Å²) in [5.74, 6) is 0.637. The fourth-order valence-corrected chi connectivity index (χ4v) is 5.42. The number of halogens is 1. The lowest BCUT2D eigenvalue weighted by Crippen LogP contribution is -2.48. The number of piperazine rings is 1. The summed E-state index contributed by atoms with van der Waals surface area (Å²) >= 11 is 3.26. The van der Waals surface area contributed by atoms with Crippen LogP contribution in [0.3, 0.4) is 0 Å². The first-order chi connectivity index (χ1) is 15.1. The molecule has 2 aromatic carbocycles. The Morgan fingerprint density at radius 3 is 2.68 bits per heavy atom. The van der Waals surface area contributed by atoms with Crippen LogP contribution >= 0.6 is 23.1 Å². The number of para-hydroxylation sites is 1. The number of thiazole rings is 1. The smallest absolute Gasteiger partial charge is 0.220 e. The Morgan fingerprint density at radius 1 is 1.16 bits per heavy atom. The molecule has 1 fully saturated rings. The number of amides is 1. The Kier molecular flexibility index (Phi) is 7.42. The summed E-state index contributed by atoms with van der Waals surface area (Å²) in [6.07, 6.45) is 0.528. The van der Waals surface area contributed by atoms with Gasteiger partial charge in [0.1, 0.15) is 11.3 Å². The standard InChI is InChI=1S/C23H27FN4OS2/c1-17-5-7-18(8-6-17)30-16-9-21(29)25-10-11-27-12-14-28(15-13-27)23-26-22-19(24)3-2-4-20(22)31-23/h2-8H,9-16H2,1H3,(H,25,29). The van der Waals surface area contributed by atoms with Crippen LogP contribution in [-0.2, 0) is 4.79 Å². The second-order valence-corrected chi connectivity index (χ2v) is 9.85. The van der Waals surface area contributed by atoms with E-state index in [4.69, 9.17) is 0 Å². The van der Waals surface area contributed by atoms with Gasteiger partial charge in [0.2, 0.25) is 5.91 Å². The molecule has 0 spiro atoms. The molecular weight excluding hydrogens is 431 g/mol. The number of thioether (sulfide) groups is 1. The number of carbonyl (C=O) groups excluding carboxylic acids is 1. The zero-order valence-electron chi connectivity index (χ0n) is 17.6. The van der Waals surface area contributed by atoms with Gasteiger partial charge in [0.05, 0.1) is 4.70 Å². The zero-order chi connectivity index (χ0) is 21.6. The van der Waals surface area contributed by atoms with Crippen LogP contribution in [0.2, 0.25) is 0 Å². The van der Waals surface area contributed by atoms with Crippen molar-refractivity contribution in [3.8, 4) is 0 Å². The molecule has 5 nitrogen and oxygen atoms in total. The van der Waals surface area contributed by atoms with Gasteiger partial charge in [0.25, 0.3) is 0 Å². The first-order valence-corrected chi connectivity index (χ1v) is 12.4. The van der Waals surface area contributed by atoms with Crippen molar-refractivity contribution >= 4 is 44.4 Å². The number of rotatable bonds is 8. The first kappa shape index (κ1) is 22.0. The van der Waals surface area contributed by atoms with Crippen LogP contribution in [0.4, 0.5) is 9.52 Å². The van der Waals surface area contributed by atoms with E-state index in [1.165, 1.54) is 16.5 Å². The summed E-state index contributed by atoms with van der Waals surface area (Å²) in [6.45, 7) is 7.14. The first-order valence-electron chi connectivity index (χ1n) is 10.6. The number of benzene rings is 2. The lowest BCUT2D eigenvalue weighted by Gasteiger charge is -2.34. The molecule has 1 aromatic heterocycles. The number of anilines is 1. The molecule has 0 unspecified atom stereocenters. The predicted octanol–water partition coefficient (Wildman–Crippen LogP) is 4.16. The average molecular weight is 459 g/mol. The highest BCUT2D eigenvalue weighted by Crippen LogP contribution is 2.30. The SMILES string of the molecule is Cc1ccc(SCCC(=O)NCCN2CCN(c3nc4c(F)cccc4s3)CC2)cc1. The van der Waals surface area contributed by atoms with Crippen molar-refractivity contribution < 1.29 is 9.18 Å². The van der Waals surface area contributed by atoms with Crippen LogP contribution in [0.25, 0.3) is 10.2 Å². The van der Waals surface area contributed by atoms with Crippen LogP contribution in [0.1, 0.15) is 12.0 Å². The number of carbonyl (C=O) groups is 1. The van der Waals surface area contributed by atoms with Gasteiger partial charge >= 0.3 is 0 Å². The molecule has 1 N–H and O–H groups in total. The van der Waals surface area contributed by atoms with E-state index in [1.54, 1.807) is 29.2 Å². The number of nitrogens with one attached hydrogen (secondary N) is 1. The quantitative estimate of drug-likeness (QED) is 0.514. The lowest BCUT2D eigenvalue weighted by molar-refractivity contribution is -0.120. The third-order valence-corrected chi connectivity index (χ3v) is 7.47. The predicted molar refractivity (Wildman–Crippen MR) is 128 cm³/mol. The van der Waals surface area contributed by atoms with Crippen LogP contribution in [0.15, 0.2) is 47.4 Å². The van der Waals surface area contributed by atoms with Crippen LogP contribution < -0.4 is 10.2 Å². The summed E-state index contributed by atoms with van der Waals surface area (Å²) in [5, 5.41) is 3.92. The maximum atomic E-state index is 13.9. The highest BCUT2D eigenvalue weighted by Gasteiger charge is 2.20. The summed E-state index contributed by atoms with van der Waals surface area (Å²) in [5.41, 5.74) is 1.71. The summed E-state index contributed by atoms with van der Waals surface area (Å²) in [4.78, 5) is 22.4. The number of hydrogen-bond acceptors (Lipinski definition) is 6. The largest absolute Gasteiger partial charge is 0.355 e. The van der Waals surface area contributed by atoms with Gasteiger partial charge in [-0.2, -0.15) is 0 Å². The van der Waals surface area contributed by atoms with E-state index in [0.29, 0.717) is 18.5 Å². The molecule has 3 aromatic rings. The Hall–Kier alpha value is -2.16. The molecule has 1 aliphatic rings. The third kappa shape index (κ3) is 5.96. The summed E-state index contributed by atoms with van der Waals surface area (Å²) < 4.78 is 14.8. The van der Waals surface area contributed by atoms with Gasteiger partial charge in [-0.3, -0.25) is 9.69 Å². The Morgan fingerprint density at radius 2 is 1.94 bits per heavy atom. The minimum Gasteiger partial charge on any atom is -0.355 e. The highest BCUT2D eigenvalue weighted by atomic mass is 32.2. The number of fused-ring (bicyclic) bond motifs is 1. The van der Waals surface area contributed by atoms with Crippen molar-refractivity contribution in [3.63, 3.8) is 0 Å². The van der Waals surface area contributed by atoms with E-state index < -0.39 is 0 Å². The van der Waals surface area contributed by atoms with E-state index in [2.05, 4.69) is 51.3 Å². The average Bonchev–Trinajstić information content (AvgIpc) is 3.21. The zero-order valence-corrected chi connectivity index (χ0v) is 19.3. The molecule has 1 saturated heterocycles. The van der Waals surface area contributed by atoms with Crippen molar-refractivity contribution in [1.29, 1.82) is 0 Å². The molecule has 0 atom stereocenters. The van der Waals surface area contributed by atoms with E-state index in [0.717, 1.165) is 48.3 Å². The fraction of sp³-hybridized carbons (Fsp3) is 0.391. The van der Waals surface area contributed by atoms with E-state index in [9.17, 15) is 9.18 Å². The number of nitrogens with zero attached hydrogens (tertiary/aromatic N) is 3. The fourth-order valence-electron chi connectivity index (χ4n) is 3.54. The van der Waals surface area contributed by atoms with Gasteiger partial charge in [0, 0.05) is 56.3 Å². The second-order valence-electron chi connectivity index (χ2n) is 7.67. The topological polar surface area (TPSA) is 48.5 Å². The van der Waals surface area contributed by atoms with Crippen molar-refractivity contribution in [2.75, 3.05) is 49.9 Å². The Bertz CT molecular complexity index is 1020. The molecule has 0 aliphatic carbocycles. The molecule has 1 aliphatic heterocycles. The van der Waals surface area contributed by atoms with E-state index in [-0.39, 0.29) is 11.7 Å². The number of aryl methyl sites for hydroxylation is 1. The Balaban J connectivity index is 1.13. The highest BCUT2D eigenvalue weighted by molar-refractivity contribution is 7.99. The maximum absolute atomic E-state index is 13.9. The van der Waals surface area contributed by atoms with Crippen LogP contribution in [0, 0.1) is 12.7 Å². The molecule has 2 heterocycles. The minimum atomic E-state index is -0.258. The van der Waals surface area contributed by atoms with Gasteiger partial charge in [-0.15, -0.1) is 11.8 Å². The Labute approximate surface area is 190 Å². The van der Waals surface area contributed by atoms with Crippen molar-refractivity contribution in [3.05, 3.63) is 53.8 Å². The van der Waals surface area contributed by atoms with Gasteiger partial charge < -0.3 is 10.2 Å². The van der Waals surface area contributed by atoms with Gasteiger partial charge in [0.15, 0.2) is 5.13 Å². The van der Waals surface area contributed by atoms with Crippen LogP contribution in [-0.4, -0.2) is 60.8 Å². The summed E-state index contributed by atoms with van der Waals surface area (Å²) in [7, 11) is 0. The minimum absolute atomic E-state index is 0.106. The van der Waals surface area contributed by atoms with E-state index >= 15 is 0 Å². The van der Waals surface area contributed by atoms with E-state index in [1.807, 2.05) is 6.07 Å². The molecule has 1 amide bonds. The third-order valence-electron chi connectivity index (χ3n) is 5.37. The monoisotopic (exact) mass is 458 g/mol. The number of aromatic nitrogens is 1. The van der Waals surface area contributed by atoms with Crippen molar-refractivity contribution in [2.45, 2.75) is 18.2 Å². The molecule has 164 valence electrons. The maximum Gasteiger partial charge on any atom is 0.220 e. The lowest BCUT2D eigenvalue weighted by atomic mass is 10.2. The van der Waals surface area contributed by atoms with Gasteiger partial charge in [-0.1, -0.05) is 35.1 Å². The molecule has 0 bridgehead atoms. The van der Waals surface area contributed by atoms with Crippen LogP contribution in [0.5, 0.6) is 0 Å².